The number of nitrogens with zero attached hydrogens (tertiary/aromatic N) is 2. The Morgan fingerprint density at radius 1 is 1.35 bits per heavy atom. The second-order valence-corrected chi connectivity index (χ2v) is 4.76. The second kappa shape index (κ2) is 6.27. The molecule has 2 rings (SSSR count). The van der Waals surface area contributed by atoms with Gasteiger partial charge in [0.15, 0.2) is 0 Å². The number of amides is 3. The summed E-state index contributed by atoms with van der Waals surface area (Å²) in [6, 6.07) is 7.31. The molecule has 1 aliphatic heterocycles. The number of benzene rings is 1. The molecule has 0 aromatic heterocycles. The van der Waals surface area contributed by atoms with Crippen molar-refractivity contribution in [2.45, 2.75) is 12.8 Å². The van der Waals surface area contributed by atoms with Gasteiger partial charge in [0.05, 0.1) is 11.4 Å². The van der Waals surface area contributed by atoms with Crippen LogP contribution in [0.25, 0.3) is 0 Å². The fourth-order valence-corrected chi connectivity index (χ4v) is 2.30. The molecule has 1 aliphatic rings. The fourth-order valence-electron chi connectivity index (χ4n) is 2.30. The number of nitrogens with one attached hydrogen (secondary N) is 1. The molecule has 6 heteroatoms. The van der Waals surface area contributed by atoms with Gasteiger partial charge in [0.1, 0.15) is 0 Å². The van der Waals surface area contributed by atoms with E-state index in [1.54, 1.807) is 22.9 Å². The van der Waals surface area contributed by atoms with Crippen LogP contribution in [0.4, 0.5) is 16.2 Å². The maximum Gasteiger partial charge on any atom is 0.324 e. The van der Waals surface area contributed by atoms with Crippen molar-refractivity contribution in [3.8, 4) is 0 Å². The highest BCUT2D eigenvalue weighted by Gasteiger charge is 2.29. The molecule has 0 radical (unpaired) electrons. The standard InChI is InChI=1S/C14H20N4O2/c1-16-13(19)7-4-8-17-9-10-18(14(17)20)12-6-3-2-5-11(12)15/h2-3,5-6H,4,7-10,15H2,1H3,(H,16,19). The highest BCUT2D eigenvalue weighted by Crippen LogP contribution is 2.26. The van der Waals surface area contributed by atoms with Crippen molar-refractivity contribution in [2.24, 2.45) is 0 Å². The van der Waals surface area contributed by atoms with Gasteiger partial charge >= 0.3 is 6.03 Å². The molecule has 0 unspecified atom stereocenters. The van der Waals surface area contributed by atoms with E-state index in [-0.39, 0.29) is 11.9 Å². The van der Waals surface area contributed by atoms with Gasteiger partial charge < -0.3 is 16.0 Å². The highest BCUT2D eigenvalue weighted by atomic mass is 16.2. The number of carbonyl (C=O) groups is 2. The van der Waals surface area contributed by atoms with Gasteiger partial charge in [-0.15, -0.1) is 0 Å². The molecule has 1 saturated heterocycles. The maximum absolute atomic E-state index is 12.3. The van der Waals surface area contributed by atoms with Gasteiger partial charge in [-0.25, -0.2) is 4.79 Å². The zero-order valence-corrected chi connectivity index (χ0v) is 11.6. The lowest BCUT2D eigenvalue weighted by Gasteiger charge is -2.19. The van der Waals surface area contributed by atoms with E-state index in [0.717, 1.165) is 5.69 Å². The predicted octanol–water partition coefficient (Wildman–Crippen LogP) is 1.04. The van der Waals surface area contributed by atoms with Crippen molar-refractivity contribution in [3.05, 3.63) is 24.3 Å². The number of nitrogens with two attached hydrogens (primary N) is 1. The van der Waals surface area contributed by atoms with Gasteiger partial charge in [0.25, 0.3) is 0 Å². The number of nitrogen functional groups attached to an aromatic ring is 1. The Bertz CT molecular complexity index is 504. The number of hydrogen-bond acceptors (Lipinski definition) is 3. The van der Waals surface area contributed by atoms with E-state index in [0.29, 0.717) is 38.2 Å². The number of urea groups is 1. The molecular weight excluding hydrogens is 256 g/mol. The normalized spacial score (nSPS) is 14.8. The number of anilines is 2. The van der Waals surface area contributed by atoms with Gasteiger partial charge in [-0.05, 0) is 18.6 Å². The molecule has 3 amide bonds. The molecule has 1 aromatic rings. The number of carbonyl (C=O) groups excluding carboxylic acids is 2. The van der Waals surface area contributed by atoms with Crippen molar-refractivity contribution in [3.63, 3.8) is 0 Å². The van der Waals surface area contributed by atoms with E-state index in [1.165, 1.54) is 0 Å². The Labute approximate surface area is 118 Å². The first kappa shape index (κ1) is 14.2. The lowest BCUT2D eigenvalue weighted by molar-refractivity contribution is -0.120. The summed E-state index contributed by atoms with van der Waals surface area (Å²) in [5.41, 5.74) is 7.26. The Morgan fingerprint density at radius 2 is 2.10 bits per heavy atom. The quantitative estimate of drug-likeness (QED) is 0.789. The van der Waals surface area contributed by atoms with Gasteiger partial charge in [0, 0.05) is 33.1 Å². The number of hydrogen-bond donors (Lipinski definition) is 2. The summed E-state index contributed by atoms with van der Waals surface area (Å²) >= 11 is 0. The van der Waals surface area contributed by atoms with Crippen LogP contribution < -0.4 is 16.0 Å². The molecule has 108 valence electrons. The van der Waals surface area contributed by atoms with Crippen LogP contribution in [0.1, 0.15) is 12.8 Å². The Hall–Kier alpha value is -2.24. The SMILES string of the molecule is CNC(=O)CCCN1CCN(c2ccccc2N)C1=O. The minimum Gasteiger partial charge on any atom is -0.397 e. The summed E-state index contributed by atoms with van der Waals surface area (Å²) < 4.78 is 0. The molecule has 1 fully saturated rings. The highest BCUT2D eigenvalue weighted by molar-refractivity contribution is 5.97. The first-order valence-electron chi connectivity index (χ1n) is 6.75. The van der Waals surface area contributed by atoms with Crippen molar-refractivity contribution >= 4 is 23.3 Å². The molecular formula is C14H20N4O2. The van der Waals surface area contributed by atoms with Crippen molar-refractivity contribution in [2.75, 3.05) is 37.3 Å². The van der Waals surface area contributed by atoms with Crippen LogP contribution in [0.15, 0.2) is 24.3 Å². The average molecular weight is 276 g/mol. The van der Waals surface area contributed by atoms with Crippen LogP contribution in [0.3, 0.4) is 0 Å². The smallest absolute Gasteiger partial charge is 0.324 e. The van der Waals surface area contributed by atoms with E-state index in [1.807, 2.05) is 18.2 Å². The third-order valence-electron chi connectivity index (χ3n) is 3.43. The van der Waals surface area contributed by atoms with Gasteiger partial charge in [-0.2, -0.15) is 0 Å². The molecule has 6 nitrogen and oxygen atoms in total. The van der Waals surface area contributed by atoms with Crippen LogP contribution in [0.2, 0.25) is 0 Å². The Balaban J connectivity index is 1.93. The fraction of sp³-hybridized carbons (Fsp3) is 0.429. The molecule has 1 aromatic carbocycles. The molecule has 0 aliphatic carbocycles. The zero-order chi connectivity index (χ0) is 14.5. The van der Waals surface area contributed by atoms with Crippen molar-refractivity contribution in [1.82, 2.24) is 10.2 Å². The molecule has 0 atom stereocenters. The summed E-state index contributed by atoms with van der Waals surface area (Å²) in [6.45, 7) is 1.89. The molecule has 3 N–H and O–H groups in total. The summed E-state index contributed by atoms with van der Waals surface area (Å²) in [4.78, 5) is 26.9. The van der Waals surface area contributed by atoms with E-state index in [4.69, 9.17) is 5.73 Å². The van der Waals surface area contributed by atoms with Gasteiger partial charge in [-0.1, -0.05) is 12.1 Å². The average Bonchev–Trinajstić information content (AvgIpc) is 2.81. The second-order valence-electron chi connectivity index (χ2n) is 4.76. The Kier molecular flexibility index (Phi) is 4.45. The predicted molar refractivity (Wildman–Crippen MR) is 78.5 cm³/mol. The Morgan fingerprint density at radius 3 is 2.80 bits per heavy atom. The number of rotatable bonds is 5. The van der Waals surface area contributed by atoms with E-state index >= 15 is 0 Å². The molecule has 0 saturated carbocycles. The summed E-state index contributed by atoms with van der Waals surface area (Å²) in [5.74, 6) is 0.000746. The van der Waals surface area contributed by atoms with Gasteiger partial charge in [-0.3, -0.25) is 9.69 Å². The number of para-hydroxylation sites is 2. The summed E-state index contributed by atoms with van der Waals surface area (Å²) in [6.07, 6.45) is 1.11. The molecule has 0 bridgehead atoms. The summed E-state index contributed by atoms with van der Waals surface area (Å²) in [5, 5.41) is 2.57. The lowest BCUT2D eigenvalue weighted by Crippen LogP contribution is -2.33. The summed E-state index contributed by atoms with van der Waals surface area (Å²) in [7, 11) is 1.61. The lowest BCUT2D eigenvalue weighted by atomic mass is 10.2. The van der Waals surface area contributed by atoms with Crippen LogP contribution in [0, 0.1) is 0 Å². The molecule has 0 spiro atoms. The first-order valence-corrected chi connectivity index (χ1v) is 6.75. The molecule has 20 heavy (non-hydrogen) atoms. The monoisotopic (exact) mass is 276 g/mol. The van der Waals surface area contributed by atoms with E-state index in [2.05, 4.69) is 5.32 Å². The molecule has 1 heterocycles. The third kappa shape index (κ3) is 3.01. The van der Waals surface area contributed by atoms with Gasteiger partial charge in [0.2, 0.25) is 5.91 Å². The van der Waals surface area contributed by atoms with Crippen LogP contribution in [-0.2, 0) is 4.79 Å². The maximum atomic E-state index is 12.3. The first-order chi connectivity index (χ1) is 9.63. The van der Waals surface area contributed by atoms with Crippen LogP contribution in [-0.4, -0.2) is 43.5 Å². The largest absolute Gasteiger partial charge is 0.397 e. The topological polar surface area (TPSA) is 78.7 Å². The zero-order valence-electron chi connectivity index (χ0n) is 11.6. The van der Waals surface area contributed by atoms with E-state index < -0.39 is 0 Å². The van der Waals surface area contributed by atoms with Crippen LogP contribution >= 0.6 is 0 Å². The third-order valence-corrected chi connectivity index (χ3v) is 3.43. The minimum absolute atomic E-state index is 0.000746. The van der Waals surface area contributed by atoms with Crippen molar-refractivity contribution in [1.29, 1.82) is 0 Å². The van der Waals surface area contributed by atoms with Crippen molar-refractivity contribution < 1.29 is 9.59 Å². The van der Waals surface area contributed by atoms with Crippen LogP contribution in [0.5, 0.6) is 0 Å². The van der Waals surface area contributed by atoms with E-state index in [9.17, 15) is 9.59 Å². The minimum atomic E-state index is -0.0418.